The highest BCUT2D eigenvalue weighted by Gasteiger charge is 2.42. The van der Waals surface area contributed by atoms with E-state index in [0.29, 0.717) is 4.68 Å². The molecule has 0 spiro atoms. The third kappa shape index (κ3) is 3.71. The zero-order chi connectivity index (χ0) is 15.7. The van der Waals surface area contributed by atoms with Crippen LogP contribution in [0.1, 0.15) is 12.6 Å². The van der Waals surface area contributed by atoms with Crippen LogP contribution in [-0.2, 0) is 23.3 Å². The van der Waals surface area contributed by atoms with E-state index in [1.165, 1.54) is 0 Å². The molecule has 0 aliphatic carbocycles. The Morgan fingerprint density at radius 2 is 1.90 bits per heavy atom. The third-order valence-corrected chi connectivity index (χ3v) is 3.11. The highest BCUT2D eigenvalue weighted by atomic mass is 32.2. The van der Waals surface area contributed by atoms with E-state index in [-0.39, 0.29) is 0 Å². The van der Waals surface area contributed by atoms with Crippen LogP contribution in [0.4, 0.5) is 22.0 Å². The number of halogens is 5. The Kier molecular flexibility index (Phi) is 4.46. The molecular formula is C8H9F5N2O4S. The van der Waals surface area contributed by atoms with Crippen LogP contribution in [0.25, 0.3) is 0 Å². The predicted octanol–water partition coefficient (Wildman–Crippen LogP) is 1.77. The van der Waals surface area contributed by atoms with E-state index in [2.05, 4.69) is 14.0 Å². The molecule has 1 heterocycles. The second-order valence-corrected chi connectivity index (χ2v) is 5.27. The Labute approximate surface area is 110 Å². The molecule has 0 radical (unpaired) electrons. The third-order valence-electron chi connectivity index (χ3n) is 1.99. The smallest absolute Gasteiger partial charge is 0.413 e. The number of nitrogens with zero attached hydrogens (tertiary/aromatic N) is 2. The Balaban J connectivity index is 3.42. The average Bonchev–Trinajstić information content (AvgIpc) is 2.56. The van der Waals surface area contributed by atoms with Crippen LogP contribution in [0.2, 0.25) is 0 Å². The van der Waals surface area contributed by atoms with E-state index in [9.17, 15) is 30.4 Å². The maximum atomic E-state index is 12.7. The van der Waals surface area contributed by atoms with Gasteiger partial charge in [-0.25, -0.2) is 4.68 Å². The molecule has 0 unspecified atom stereocenters. The van der Waals surface area contributed by atoms with Crippen LogP contribution < -0.4 is 8.92 Å². The van der Waals surface area contributed by atoms with E-state index >= 15 is 0 Å². The summed E-state index contributed by atoms with van der Waals surface area (Å²) in [7, 11) is -3.51. The van der Waals surface area contributed by atoms with Crippen LogP contribution in [0.3, 0.4) is 0 Å². The van der Waals surface area contributed by atoms with Crippen molar-refractivity contribution in [3.05, 3.63) is 5.69 Å². The normalized spacial score (nSPS) is 12.8. The van der Waals surface area contributed by atoms with E-state index in [1.807, 2.05) is 0 Å². The summed E-state index contributed by atoms with van der Waals surface area (Å²) in [6.07, 6.45) is -5.10. The summed E-state index contributed by atoms with van der Waals surface area (Å²) in [4.78, 5) is 0. The molecular weight excluding hydrogens is 315 g/mol. The fraction of sp³-hybridized carbons (Fsp3) is 0.625. The van der Waals surface area contributed by atoms with Gasteiger partial charge in [0.1, 0.15) is 0 Å². The number of hydrogen-bond acceptors (Lipinski definition) is 5. The predicted molar refractivity (Wildman–Crippen MR) is 54.9 cm³/mol. The lowest BCUT2D eigenvalue weighted by Gasteiger charge is -2.10. The van der Waals surface area contributed by atoms with Gasteiger partial charge in [0.25, 0.3) is 5.88 Å². The van der Waals surface area contributed by atoms with Crippen LogP contribution in [0.15, 0.2) is 0 Å². The molecule has 0 N–H and O–H groups in total. The van der Waals surface area contributed by atoms with Gasteiger partial charge in [-0.1, -0.05) is 0 Å². The first kappa shape index (κ1) is 16.5. The topological polar surface area (TPSA) is 70.4 Å². The minimum absolute atomic E-state index is 0.315. The van der Waals surface area contributed by atoms with E-state index in [1.54, 1.807) is 0 Å². The van der Waals surface area contributed by atoms with Gasteiger partial charge in [0.15, 0.2) is 0 Å². The van der Waals surface area contributed by atoms with Crippen molar-refractivity contribution in [2.24, 2.45) is 7.05 Å². The van der Waals surface area contributed by atoms with Gasteiger partial charge in [-0.15, -0.1) is 0 Å². The first-order chi connectivity index (χ1) is 8.98. The first-order valence-corrected chi connectivity index (χ1v) is 6.56. The molecule has 1 aromatic rings. The first-order valence-electron chi connectivity index (χ1n) is 4.99. The standard InChI is InChI=1S/C8H9F5N2O4S/c1-3-20(16,17)19-4-5(8(11,12)13)14-15(2)6(4)18-7(9)10/h7H,3H2,1-2H3. The fourth-order valence-corrected chi connectivity index (χ4v) is 1.67. The molecule has 116 valence electrons. The van der Waals surface area contributed by atoms with Gasteiger partial charge in [0.2, 0.25) is 11.4 Å². The summed E-state index contributed by atoms with van der Waals surface area (Å²) >= 11 is 0. The van der Waals surface area contributed by atoms with Crippen LogP contribution >= 0.6 is 0 Å². The highest BCUT2D eigenvalue weighted by Crippen LogP contribution is 2.42. The highest BCUT2D eigenvalue weighted by molar-refractivity contribution is 7.87. The largest absolute Gasteiger partial charge is 0.439 e. The number of aromatic nitrogens is 2. The monoisotopic (exact) mass is 324 g/mol. The number of hydrogen-bond donors (Lipinski definition) is 0. The summed E-state index contributed by atoms with van der Waals surface area (Å²) < 4.78 is 93.1. The summed E-state index contributed by atoms with van der Waals surface area (Å²) in [5, 5.41) is 2.90. The fourth-order valence-electron chi connectivity index (χ4n) is 1.15. The van der Waals surface area contributed by atoms with Crippen molar-refractivity contribution in [1.29, 1.82) is 0 Å². The van der Waals surface area contributed by atoms with E-state index in [0.717, 1.165) is 14.0 Å². The van der Waals surface area contributed by atoms with Crippen molar-refractivity contribution in [3.8, 4) is 11.6 Å². The van der Waals surface area contributed by atoms with Crippen LogP contribution in [-0.4, -0.2) is 30.6 Å². The molecule has 0 fully saturated rings. The van der Waals surface area contributed by atoms with Gasteiger partial charge < -0.3 is 8.92 Å². The van der Waals surface area contributed by atoms with Crippen molar-refractivity contribution in [1.82, 2.24) is 9.78 Å². The molecule has 1 aromatic heterocycles. The number of rotatable bonds is 5. The molecule has 0 atom stereocenters. The van der Waals surface area contributed by atoms with Crippen molar-refractivity contribution in [2.75, 3.05) is 5.75 Å². The second-order valence-electron chi connectivity index (χ2n) is 3.41. The van der Waals surface area contributed by atoms with Crippen molar-refractivity contribution in [3.63, 3.8) is 0 Å². The van der Waals surface area contributed by atoms with E-state index < -0.39 is 46.0 Å². The lowest BCUT2D eigenvalue weighted by molar-refractivity contribution is -0.142. The molecule has 0 saturated carbocycles. The van der Waals surface area contributed by atoms with Crippen LogP contribution in [0.5, 0.6) is 11.6 Å². The van der Waals surface area contributed by atoms with Crippen molar-refractivity contribution >= 4 is 10.1 Å². The maximum absolute atomic E-state index is 12.7. The zero-order valence-electron chi connectivity index (χ0n) is 10.1. The van der Waals surface area contributed by atoms with Gasteiger partial charge in [-0.2, -0.15) is 35.5 Å². The number of ether oxygens (including phenoxy) is 1. The molecule has 20 heavy (non-hydrogen) atoms. The molecule has 6 nitrogen and oxygen atoms in total. The van der Waals surface area contributed by atoms with E-state index in [4.69, 9.17) is 0 Å². The number of alkyl halides is 5. The minimum Gasteiger partial charge on any atom is -0.413 e. The minimum atomic E-state index is -5.10. The molecule has 1 rings (SSSR count). The summed E-state index contributed by atoms with van der Waals surface area (Å²) in [5.41, 5.74) is -1.77. The van der Waals surface area contributed by atoms with Crippen LogP contribution in [0, 0.1) is 0 Å². The lowest BCUT2D eigenvalue weighted by atomic mass is 10.4. The average molecular weight is 324 g/mol. The Morgan fingerprint density at radius 3 is 2.30 bits per heavy atom. The van der Waals surface area contributed by atoms with Crippen molar-refractivity contribution < 1.29 is 39.3 Å². The molecule has 0 saturated heterocycles. The Hall–Kier alpha value is -1.59. The molecule has 0 aliphatic heterocycles. The summed E-state index contributed by atoms with van der Waals surface area (Å²) in [5.74, 6) is -3.21. The molecule has 0 aliphatic rings. The summed E-state index contributed by atoms with van der Waals surface area (Å²) in [6, 6.07) is 0. The second kappa shape index (κ2) is 5.42. The Morgan fingerprint density at radius 1 is 1.35 bits per heavy atom. The number of aryl methyl sites for hydroxylation is 1. The Bertz CT molecular complexity index is 580. The summed E-state index contributed by atoms with van der Waals surface area (Å²) in [6.45, 7) is -2.37. The lowest BCUT2D eigenvalue weighted by Crippen LogP contribution is -2.16. The van der Waals surface area contributed by atoms with Gasteiger partial charge in [-0.3, -0.25) is 0 Å². The SMILES string of the molecule is CCS(=O)(=O)Oc1c(C(F)(F)F)nn(C)c1OC(F)F. The molecule has 0 amide bonds. The zero-order valence-corrected chi connectivity index (χ0v) is 10.9. The van der Waals surface area contributed by atoms with Gasteiger partial charge in [0.05, 0.1) is 5.75 Å². The van der Waals surface area contributed by atoms with Gasteiger partial charge >= 0.3 is 22.9 Å². The van der Waals surface area contributed by atoms with Crippen molar-refractivity contribution in [2.45, 2.75) is 19.7 Å². The molecule has 0 aromatic carbocycles. The van der Waals surface area contributed by atoms with Gasteiger partial charge in [-0.05, 0) is 6.92 Å². The van der Waals surface area contributed by atoms with Gasteiger partial charge in [0, 0.05) is 7.05 Å². The molecule has 0 bridgehead atoms. The maximum Gasteiger partial charge on any atom is 0.439 e. The molecule has 12 heteroatoms. The quantitative estimate of drug-likeness (QED) is 0.610.